The summed E-state index contributed by atoms with van der Waals surface area (Å²) in [5.41, 5.74) is 0.842. The molecule has 2 aliphatic rings. The molecule has 98 valence electrons. The molecule has 0 saturated carbocycles. The Morgan fingerprint density at radius 1 is 1.21 bits per heavy atom. The first-order valence-corrected chi connectivity index (χ1v) is 5.49. The maximum Gasteiger partial charge on any atom is 0.338 e. The van der Waals surface area contributed by atoms with Gasteiger partial charge in [0.05, 0.1) is 17.3 Å². The number of urea groups is 1. The van der Waals surface area contributed by atoms with E-state index in [0.29, 0.717) is 5.70 Å². The smallest absolute Gasteiger partial charge is 0.338 e. The SMILES string of the molecule is O=C1NC2=C(C(=O)OC2)[C@H](c2ccc(F)c(F)c2)N1. The molecule has 1 aromatic carbocycles. The van der Waals surface area contributed by atoms with E-state index in [9.17, 15) is 18.4 Å². The van der Waals surface area contributed by atoms with Crippen LogP contribution in [0, 0.1) is 11.6 Å². The third-order valence-corrected chi connectivity index (χ3v) is 3.00. The van der Waals surface area contributed by atoms with Crippen molar-refractivity contribution in [2.45, 2.75) is 6.04 Å². The number of hydrogen-bond acceptors (Lipinski definition) is 3. The lowest BCUT2D eigenvalue weighted by atomic mass is 9.96. The van der Waals surface area contributed by atoms with Gasteiger partial charge in [-0.05, 0) is 17.7 Å². The van der Waals surface area contributed by atoms with Crippen LogP contribution in [-0.4, -0.2) is 18.6 Å². The van der Waals surface area contributed by atoms with E-state index in [-0.39, 0.29) is 17.7 Å². The van der Waals surface area contributed by atoms with E-state index in [0.717, 1.165) is 12.1 Å². The van der Waals surface area contributed by atoms with Gasteiger partial charge in [-0.15, -0.1) is 0 Å². The van der Waals surface area contributed by atoms with Crippen LogP contribution in [0.1, 0.15) is 11.6 Å². The quantitative estimate of drug-likeness (QED) is 0.749. The largest absolute Gasteiger partial charge is 0.456 e. The number of nitrogens with one attached hydrogen (secondary N) is 2. The first-order chi connectivity index (χ1) is 9.06. The average molecular weight is 266 g/mol. The third-order valence-electron chi connectivity index (χ3n) is 3.00. The number of rotatable bonds is 1. The van der Waals surface area contributed by atoms with Gasteiger partial charge in [-0.1, -0.05) is 6.07 Å². The number of carbonyl (C=O) groups excluding carboxylic acids is 2. The fourth-order valence-electron chi connectivity index (χ4n) is 2.13. The fourth-order valence-corrected chi connectivity index (χ4v) is 2.13. The van der Waals surface area contributed by atoms with E-state index in [1.807, 2.05) is 0 Å². The Hall–Kier alpha value is -2.44. The van der Waals surface area contributed by atoms with E-state index >= 15 is 0 Å². The summed E-state index contributed by atoms with van der Waals surface area (Å²) in [5.74, 6) is -2.62. The van der Waals surface area contributed by atoms with Crippen molar-refractivity contribution in [3.8, 4) is 0 Å². The zero-order chi connectivity index (χ0) is 13.6. The van der Waals surface area contributed by atoms with Crippen molar-refractivity contribution in [2.24, 2.45) is 0 Å². The Balaban J connectivity index is 2.07. The van der Waals surface area contributed by atoms with E-state index in [1.165, 1.54) is 6.07 Å². The second kappa shape index (κ2) is 4.04. The first kappa shape index (κ1) is 11.6. The van der Waals surface area contributed by atoms with Crippen LogP contribution < -0.4 is 10.6 Å². The zero-order valence-corrected chi connectivity index (χ0v) is 9.50. The topological polar surface area (TPSA) is 67.4 Å². The van der Waals surface area contributed by atoms with Crippen LogP contribution >= 0.6 is 0 Å². The second-order valence-corrected chi connectivity index (χ2v) is 4.17. The van der Waals surface area contributed by atoms with Gasteiger partial charge in [0.25, 0.3) is 0 Å². The molecule has 2 aliphatic heterocycles. The standard InChI is InChI=1S/C12H8F2N2O3/c13-6-2-1-5(3-7(6)14)10-9-8(4-19-11(9)17)15-12(18)16-10/h1-3,10H,4H2,(H2,15,16,18)/t10-/m0/s1. The summed E-state index contributed by atoms with van der Waals surface area (Å²) >= 11 is 0. The van der Waals surface area contributed by atoms with Crippen molar-refractivity contribution in [1.29, 1.82) is 0 Å². The molecule has 2 heterocycles. The molecule has 19 heavy (non-hydrogen) atoms. The van der Waals surface area contributed by atoms with Crippen LogP contribution in [0.2, 0.25) is 0 Å². The van der Waals surface area contributed by atoms with Gasteiger partial charge in [0.15, 0.2) is 11.6 Å². The molecule has 0 saturated heterocycles. The van der Waals surface area contributed by atoms with Crippen LogP contribution in [0.4, 0.5) is 13.6 Å². The Bertz CT molecular complexity index is 627. The van der Waals surface area contributed by atoms with Gasteiger partial charge in [-0.25, -0.2) is 18.4 Å². The van der Waals surface area contributed by atoms with Gasteiger partial charge in [0, 0.05) is 0 Å². The molecule has 2 amide bonds. The maximum atomic E-state index is 13.2. The van der Waals surface area contributed by atoms with Gasteiger partial charge in [0.1, 0.15) is 6.61 Å². The number of esters is 1. The van der Waals surface area contributed by atoms with Crippen molar-refractivity contribution < 1.29 is 23.1 Å². The van der Waals surface area contributed by atoms with Gasteiger partial charge in [0.2, 0.25) is 0 Å². The first-order valence-electron chi connectivity index (χ1n) is 5.49. The highest BCUT2D eigenvalue weighted by atomic mass is 19.2. The highest BCUT2D eigenvalue weighted by Crippen LogP contribution is 2.31. The molecule has 0 radical (unpaired) electrons. The van der Waals surface area contributed by atoms with E-state index in [1.54, 1.807) is 0 Å². The minimum atomic E-state index is -1.04. The van der Waals surface area contributed by atoms with Crippen LogP contribution in [0.25, 0.3) is 0 Å². The number of carbonyl (C=O) groups is 2. The molecule has 0 bridgehead atoms. The van der Waals surface area contributed by atoms with E-state index in [4.69, 9.17) is 4.74 Å². The fraction of sp³-hybridized carbons (Fsp3) is 0.167. The lowest BCUT2D eigenvalue weighted by Crippen LogP contribution is -2.44. The molecule has 0 aromatic heterocycles. The minimum Gasteiger partial charge on any atom is -0.456 e. The molecule has 0 fully saturated rings. The molecule has 2 N–H and O–H groups in total. The average Bonchev–Trinajstić information content (AvgIpc) is 2.73. The van der Waals surface area contributed by atoms with Crippen LogP contribution in [0.5, 0.6) is 0 Å². The van der Waals surface area contributed by atoms with E-state index in [2.05, 4.69) is 10.6 Å². The van der Waals surface area contributed by atoms with Crippen LogP contribution in [-0.2, 0) is 9.53 Å². The van der Waals surface area contributed by atoms with Gasteiger partial charge >= 0.3 is 12.0 Å². The zero-order valence-electron chi connectivity index (χ0n) is 9.50. The molecule has 1 aromatic rings. The van der Waals surface area contributed by atoms with Crippen molar-refractivity contribution in [3.05, 3.63) is 46.7 Å². The molecule has 0 spiro atoms. The second-order valence-electron chi connectivity index (χ2n) is 4.17. The molecular formula is C12H8F2N2O3. The number of cyclic esters (lactones) is 1. The summed E-state index contributed by atoms with van der Waals surface area (Å²) in [6.45, 7) is -0.0260. The summed E-state index contributed by atoms with van der Waals surface area (Å²) in [5, 5.41) is 4.93. The molecular weight excluding hydrogens is 258 g/mol. The van der Waals surface area contributed by atoms with Gasteiger partial charge in [-0.2, -0.15) is 0 Å². The number of halogens is 2. The van der Waals surface area contributed by atoms with Crippen molar-refractivity contribution >= 4 is 12.0 Å². The number of benzene rings is 1. The molecule has 5 nitrogen and oxygen atoms in total. The minimum absolute atomic E-state index is 0.0260. The molecule has 3 rings (SSSR count). The normalized spacial score (nSPS) is 21.7. The Kier molecular flexibility index (Phi) is 2.48. The summed E-state index contributed by atoms with van der Waals surface area (Å²) < 4.78 is 31.0. The lowest BCUT2D eigenvalue weighted by molar-refractivity contribution is -0.136. The predicted molar refractivity (Wildman–Crippen MR) is 58.8 cm³/mol. The van der Waals surface area contributed by atoms with Gasteiger partial charge < -0.3 is 15.4 Å². The summed E-state index contributed by atoms with van der Waals surface area (Å²) in [6.07, 6.45) is 0. The molecule has 1 atom stereocenters. The van der Waals surface area contributed by atoms with Gasteiger partial charge in [-0.3, -0.25) is 0 Å². The molecule has 0 aliphatic carbocycles. The maximum absolute atomic E-state index is 13.2. The Morgan fingerprint density at radius 2 is 2.00 bits per heavy atom. The summed E-state index contributed by atoms with van der Waals surface area (Å²) in [6, 6.07) is 1.84. The van der Waals surface area contributed by atoms with Crippen molar-refractivity contribution in [1.82, 2.24) is 10.6 Å². The lowest BCUT2D eigenvalue weighted by Gasteiger charge is -2.24. The van der Waals surface area contributed by atoms with Crippen molar-refractivity contribution in [2.75, 3.05) is 6.61 Å². The highest BCUT2D eigenvalue weighted by Gasteiger charge is 2.38. The monoisotopic (exact) mass is 266 g/mol. The number of ether oxygens (including phenoxy) is 1. The summed E-state index contributed by atoms with van der Waals surface area (Å²) in [7, 11) is 0. The Morgan fingerprint density at radius 3 is 2.74 bits per heavy atom. The third kappa shape index (κ3) is 1.83. The predicted octanol–water partition coefficient (Wildman–Crippen LogP) is 1.13. The summed E-state index contributed by atoms with van der Waals surface area (Å²) in [4.78, 5) is 23.1. The Labute approximate surface area is 106 Å². The molecule has 0 unspecified atom stereocenters. The van der Waals surface area contributed by atoms with Crippen LogP contribution in [0.3, 0.4) is 0 Å². The number of amides is 2. The van der Waals surface area contributed by atoms with Crippen molar-refractivity contribution in [3.63, 3.8) is 0 Å². The number of hydrogen-bond donors (Lipinski definition) is 2. The van der Waals surface area contributed by atoms with Crippen LogP contribution in [0.15, 0.2) is 29.5 Å². The highest BCUT2D eigenvalue weighted by molar-refractivity contribution is 5.97. The molecule has 7 heteroatoms. The van der Waals surface area contributed by atoms with E-state index < -0.39 is 29.7 Å².